The van der Waals surface area contributed by atoms with Gasteiger partial charge in [0.25, 0.3) is 0 Å². The van der Waals surface area contributed by atoms with E-state index in [-0.39, 0.29) is 0 Å². The molecule has 2 aromatic carbocycles. The van der Waals surface area contributed by atoms with Crippen LogP contribution in [0.3, 0.4) is 0 Å². The summed E-state index contributed by atoms with van der Waals surface area (Å²) in [6.45, 7) is 4.15. The first kappa shape index (κ1) is 11.0. The molecule has 0 amide bonds. The van der Waals surface area contributed by atoms with Crippen molar-refractivity contribution in [2.75, 3.05) is 0 Å². The fraction of sp³-hybridized carbons (Fsp3) is 0.118. The smallest absolute Gasteiger partial charge is 0.0402 e. The molecule has 18 heavy (non-hydrogen) atoms. The Morgan fingerprint density at radius 2 is 1.56 bits per heavy atom. The average molecular weight is 233 g/mol. The zero-order valence-corrected chi connectivity index (χ0v) is 10.6. The van der Waals surface area contributed by atoms with Crippen molar-refractivity contribution in [3.63, 3.8) is 0 Å². The molecule has 1 heteroatoms. The van der Waals surface area contributed by atoms with Crippen LogP contribution in [0.2, 0.25) is 0 Å². The fourth-order valence-corrected chi connectivity index (χ4v) is 2.17. The maximum absolute atomic E-state index is 4.44. The van der Waals surface area contributed by atoms with E-state index in [9.17, 15) is 0 Å². The average Bonchev–Trinajstić information content (AvgIpc) is 2.41. The highest BCUT2D eigenvalue weighted by molar-refractivity contribution is 5.87. The van der Waals surface area contributed by atoms with E-state index >= 15 is 0 Å². The third-order valence-electron chi connectivity index (χ3n) is 3.42. The maximum atomic E-state index is 4.44. The highest BCUT2D eigenvalue weighted by Gasteiger charge is 2.02. The molecule has 3 rings (SSSR count). The van der Waals surface area contributed by atoms with E-state index in [1.54, 1.807) is 0 Å². The molecule has 0 aliphatic rings. The van der Waals surface area contributed by atoms with Crippen molar-refractivity contribution in [2.24, 2.45) is 0 Å². The zero-order chi connectivity index (χ0) is 12.5. The van der Waals surface area contributed by atoms with Crippen molar-refractivity contribution >= 4 is 10.8 Å². The van der Waals surface area contributed by atoms with E-state index in [4.69, 9.17) is 0 Å². The minimum Gasteiger partial charge on any atom is -0.261 e. The Morgan fingerprint density at radius 1 is 0.778 bits per heavy atom. The third kappa shape index (κ3) is 1.88. The molecule has 0 radical (unpaired) electrons. The number of hydrogen-bond donors (Lipinski definition) is 0. The molecule has 0 aliphatic carbocycles. The lowest BCUT2D eigenvalue weighted by atomic mass is 10.0. The summed E-state index contributed by atoms with van der Waals surface area (Å²) in [5, 5.41) is 2.55. The van der Waals surface area contributed by atoms with Crippen molar-refractivity contribution in [3.8, 4) is 11.1 Å². The molecule has 0 aliphatic heterocycles. The summed E-state index contributed by atoms with van der Waals surface area (Å²) in [6, 6.07) is 17.2. The van der Waals surface area contributed by atoms with E-state index in [0.29, 0.717) is 0 Å². The number of pyridine rings is 1. The predicted octanol–water partition coefficient (Wildman–Crippen LogP) is 4.52. The number of benzene rings is 2. The van der Waals surface area contributed by atoms with E-state index in [0.717, 1.165) is 5.69 Å². The van der Waals surface area contributed by atoms with Crippen LogP contribution in [-0.4, -0.2) is 4.98 Å². The number of aromatic nitrogens is 1. The summed E-state index contributed by atoms with van der Waals surface area (Å²) in [5.74, 6) is 0. The van der Waals surface area contributed by atoms with Crippen molar-refractivity contribution in [1.82, 2.24) is 4.98 Å². The molecule has 0 saturated carbocycles. The first-order chi connectivity index (χ1) is 8.74. The van der Waals surface area contributed by atoms with Crippen LogP contribution in [0, 0.1) is 13.8 Å². The zero-order valence-electron chi connectivity index (χ0n) is 10.6. The van der Waals surface area contributed by atoms with Gasteiger partial charge >= 0.3 is 0 Å². The summed E-state index contributed by atoms with van der Waals surface area (Å²) in [7, 11) is 0. The minimum absolute atomic E-state index is 1.10. The van der Waals surface area contributed by atoms with Crippen LogP contribution in [0.25, 0.3) is 21.9 Å². The normalized spacial score (nSPS) is 10.8. The van der Waals surface area contributed by atoms with Crippen molar-refractivity contribution in [2.45, 2.75) is 13.8 Å². The van der Waals surface area contributed by atoms with Gasteiger partial charge < -0.3 is 0 Å². The first-order valence-electron chi connectivity index (χ1n) is 6.16. The number of nitrogens with zero attached hydrogens (tertiary/aromatic N) is 1. The van der Waals surface area contributed by atoms with Crippen LogP contribution in [0.15, 0.2) is 54.7 Å². The second kappa shape index (κ2) is 4.26. The summed E-state index contributed by atoms with van der Waals surface area (Å²) in [4.78, 5) is 4.44. The third-order valence-corrected chi connectivity index (χ3v) is 3.42. The lowest BCUT2D eigenvalue weighted by Gasteiger charge is -2.06. The van der Waals surface area contributed by atoms with Gasteiger partial charge in [-0.2, -0.15) is 0 Å². The van der Waals surface area contributed by atoms with Gasteiger partial charge in [0.05, 0.1) is 0 Å². The highest BCUT2D eigenvalue weighted by Crippen LogP contribution is 2.25. The second-order valence-corrected chi connectivity index (χ2v) is 4.69. The Hall–Kier alpha value is -2.15. The number of aryl methyl sites for hydroxylation is 2. The molecule has 0 atom stereocenters. The molecule has 1 aromatic heterocycles. The Labute approximate surface area is 107 Å². The summed E-state index contributed by atoms with van der Waals surface area (Å²) in [5.41, 5.74) is 4.74. The van der Waals surface area contributed by atoms with Crippen molar-refractivity contribution in [3.05, 3.63) is 66.0 Å². The van der Waals surface area contributed by atoms with Gasteiger partial charge in [-0.1, -0.05) is 36.4 Å². The number of hydrogen-bond acceptors (Lipinski definition) is 1. The lowest BCUT2D eigenvalue weighted by molar-refractivity contribution is 1.15. The second-order valence-electron chi connectivity index (χ2n) is 4.69. The van der Waals surface area contributed by atoms with Crippen LogP contribution >= 0.6 is 0 Å². The van der Waals surface area contributed by atoms with E-state index in [1.807, 2.05) is 13.1 Å². The Morgan fingerprint density at radius 3 is 2.33 bits per heavy atom. The standard InChI is InChI=1S/C17H15N/c1-12-9-17(11-18-13(12)2)16-8-7-14-5-3-4-6-15(14)10-16/h3-11H,1-2H3. The molecule has 0 bridgehead atoms. The molecule has 88 valence electrons. The first-order valence-corrected chi connectivity index (χ1v) is 6.16. The summed E-state index contributed by atoms with van der Waals surface area (Å²) in [6.07, 6.45) is 1.95. The largest absolute Gasteiger partial charge is 0.261 e. The van der Waals surface area contributed by atoms with Crippen molar-refractivity contribution in [1.29, 1.82) is 0 Å². The van der Waals surface area contributed by atoms with Gasteiger partial charge in [0.15, 0.2) is 0 Å². The monoisotopic (exact) mass is 233 g/mol. The molecule has 0 unspecified atom stereocenters. The van der Waals surface area contributed by atoms with Gasteiger partial charge in [0, 0.05) is 17.5 Å². The Kier molecular flexibility index (Phi) is 2.60. The molecular formula is C17H15N. The topological polar surface area (TPSA) is 12.9 Å². The molecule has 0 N–H and O–H groups in total. The minimum atomic E-state index is 1.10. The van der Waals surface area contributed by atoms with Gasteiger partial charge in [-0.15, -0.1) is 0 Å². The molecule has 1 heterocycles. The van der Waals surface area contributed by atoms with E-state index < -0.39 is 0 Å². The highest BCUT2D eigenvalue weighted by atomic mass is 14.7. The lowest BCUT2D eigenvalue weighted by Crippen LogP contribution is -1.88. The summed E-state index contributed by atoms with van der Waals surface area (Å²) < 4.78 is 0. The SMILES string of the molecule is Cc1cc(-c2ccc3ccccc3c2)cnc1C. The Bertz CT molecular complexity index is 714. The maximum Gasteiger partial charge on any atom is 0.0402 e. The molecule has 0 fully saturated rings. The van der Waals surface area contributed by atoms with Gasteiger partial charge in [-0.05, 0) is 47.9 Å². The Balaban J connectivity index is 2.16. The van der Waals surface area contributed by atoms with E-state index in [2.05, 4.69) is 60.4 Å². The quantitative estimate of drug-likeness (QED) is 0.602. The van der Waals surface area contributed by atoms with Gasteiger partial charge in [-0.25, -0.2) is 0 Å². The predicted molar refractivity (Wildman–Crippen MR) is 76.7 cm³/mol. The van der Waals surface area contributed by atoms with Gasteiger partial charge in [-0.3, -0.25) is 4.98 Å². The molecule has 0 saturated heterocycles. The number of fused-ring (bicyclic) bond motifs is 1. The fourth-order valence-electron chi connectivity index (χ4n) is 2.17. The molecule has 1 nitrogen and oxygen atoms in total. The summed E-state index contributed by atoms with van der Waals surface area (Å²) >= 11 is 0. The molecule has 3 aromatic rings. The van der Waals surface area contributed by atoms with Crippen LogP contribution in [0.5, 0.6) is 0 Å². The van der Waals surface area contributed by atoms with Crippen LogP contribution in [0.1, 0.15) is 11.3 Å². The van der Waals surface area contributed by atoms with Crippen LogP contribution in [-0.2, 0) is 0 Å². The molecule has 0 spiro atoms. The van der Waals surface area contributed by atoms with Crippen molar-refractivity contribution < 1.29 is 0 Å². The van der Waals surface area contributed by atoms with Gasteiger partial charge in [0.2, 0.25) is 0 Å². The van der Waals surface area contributed by atoms with E-state index in [1.165, 1.54) is 27.5 Å². The molecular weight excluding hydrogens is 218 g/mol. The number of rotatable bonds is 1. The van der Waals surface area contributed by atoms with Gasteiger partial charge in [0.1, 0.15) is 0 Å². The van der Waals surface area contributed by atoms with Crippen LogP contribution in [0.4, 0.5) is 0 Å². The van der Waals surface area contributed by atoms with Crippen LogP contribution < -0.4 is 0 Å².